The van der Waals surface area contributed by atoms with Crippen molar-refractivity contribution >= 4 is 76.9 Å². The SMILES string of the molecule is CCC(=O)NCCNC(=O)/N=C(/N)NCCCC(NC(=O)[C@H](c1ccccc1)c1cccc(OCCCCNc2c(NCCNC(=O)C(CCCCNC(=O)OC(C)(C)C)NC(=O)CN3CCN(CC(=O)O)CCN(CC(=O)O)CCN(CC(=O)O)CC3)c(=O)c2=O)c1)C(=O)NCc1ccc(O)cc1. The first kappa shape index (κ1) is 84.2. The quantitative estimate of drug-likeness (QED) is 0.0123. The Bertz CT molecular complexity index is 3520. The Balaban J connectivity index is 1.16. The summed E-state index contributed by atoms with van der Waals surface area (Å²) in [7, 11) is 0. The molecule has 4 aromatic rings. The number of nitrogens with one attached hydrogen (secondary N) is 10. The van der Waals surface area contributed by atoms with E-state index in [-0.39, 0.29) is 179 Å². The van der Waals surface area contributed by atoms with Gasteiger partial charge < -0.3 is 88.8 Å². The van der Waals surface area contributed by atoms with E-state index in [0.29, 0.717) is 61.0 Å². The highest BCUT2D eigenvalue weighted by molar-refractivity contribution is 5.93. The van der Waals surface area contributed by atoms with Crippen LogP contribution in [0.3, 0.4) is 0 Å². The van der Waals surface area contributed by atoms with E-state index in [9.17, 15) is 78.0 Å². The molecule has 34 heteroatoms. The van der Waals surface area contributed by atoms with Gasteiger partial charge in [-0.15, -0.1) is 0 Å². The number of aromatic hydroxyl groups is 1. The van der Waals surface area contributed by atoms with Gasteiger partial charge in [-0.05, 0) is 107 Å². The van der Waals surface area contributed by atoms with E-state index in [2.05, 4.69) is 58.2 Å². The maximum absolute atomic E-state index is 14.6. The fourth-order valence-electron chi connectivity index (χ4n) is 10.9. The molecule has 0 aliphatic carbocycles. The fraction of sp³-hybridized carbons (Fsp3) is 0.529. The number of carboxylic acid groups (broad SMARTS) is 3. The van der Waals surface area contributed by atoms with Crippen molar-refractivity contribution in [1.82, 2.24) is 62.1 Å². The van der Waals surface area contributed by atoms with Crippen LogP contribution in [0.1, 0.15) is 102 Å². The van der Waals surface area contributed by atoms with Crippen LogP contribution in [0.4, 0.5) is 21.0 Å². The summed E-state index contributed by atoms with van der Waals surface area (Å²) in [5, 5.41) is 66.7. The molecule has 0 aromatic heterocycles. The Hall–Kier alpha value is -10.5. The van der Waals surface area contributed by atoms with Gasteiger partial charge in [0, 0.05) is 111 Å². The lowest BCUT2D eigenvalue weighted by Gasteiger charge is -2.33. The molecule has 570 valence electrons. The fourth-order valence-corrected chi connectivity index (χ4v) is 10.9. The number of anilines is 2. The Kier molecular flexibility index (Phi) is 36.3. The maximum atomic E-state index is 14.6. The summed E-state index contributed by atoms with van der Waals surface area (Å²) in [5.41, 5.74) is 5.75. The van der Waals surface area contributed by atoms with Gasteiger partial charge >= 0.3 is 30.0 Å². The number of hydrogen-bond acceptors (Lipinski definition) is 21. The number of nitrogens with zero attached hydrogens (tertiary/aromatic N) is 5. The smallest absolute Gasteiger partial charge is 0.407 e. The molecule has 1 fully saturated rings. The number of carbonyl (C=O) groups excluding carboxylic acids is 7. The third kappa shape index (κ3) is 32.7. The number of amides is 8. The average molecular weight is 1460 g/mol. The van der Waals surface area contributed by atoms with Gasteiger partial charge in [-0.2, -0.15) is 4.99 Å². The van der Waals surface area contributed by atoms with Crippen molar-refractivity contribution in [3.63, 3.8) is 0 Å². The minimum absolute atomic E-state index is 0.00374. The molecule has 1 aliphatic heterocycles. The van der Waals surface area contributed by atoms with Crippen LogP contribution in [0.25, 0.3) is 0 Å². The molecule has 1 heterocycles. The molecule has 0 radical (unpaired) electrons. The lowest BCUT2D eigenvalue weighted by Crippen LogP contribution is -2.52. The van der Waals surface area contributed by atoms with Crippen LogP contribution in [-0.4, -0.2) is 254 Å². The monoisotopic (exact) mass is 1450 g/mol. The number of phenols is 1. The predicted molar refractivity (Wildman–Crippen MR) is 387 cm³/mol. The average Bonchev–Trinajstić information content (AvgIpc) is 0.787. The van der Waals surface area contributed by atoms with Crippen molar-refractivity contribution in [1.29, 1.82) is 0 Å². The molecule has 5 rings (SSSR count). The van der Waals surface area contributed by atoms with E-state index >= 15 is 0 Å². The molecule has 2 unspecified atom stereocenters. The number of ether oxygens (including phenoxy) is 2. The number of aliphatic imine (C=N–C) groups is 1. The van der Waals surface area contributed by atoms with Crippen LogP contribution >= 0.6 is 0 Å². The highest BCUT2D eigenvalue weighted by Gasteiger charge is 2.30. The maximum Gasteiger partial charge on any atom is 0.407 e. The zero-order valence-corrected chi connectivity index (χ0v) is 59.6. The normalized spacial score (nSPS) is 14.5. The van der Waals surface area contributed by atoms with E-state index in [1.54, 1.807) is 108 Å². The summed E-state index contributed by atoms with van der Waals surface area (Å²) in [4.78, 5) is 164. The van der Waals surface area contributed by atoms with Gasteiger partial charge in [0.15, 0.2) is 5.96 Å². The van der Waals surface area contributed by atoms with Crippen molar-refractivity contribution in [2.24, 2.45) is 10.7 Å². The first-order valence-corrected chi connectivity index (χ1v) is 34.8. The lowest BCUT2D eigenvalue weighted by atomic mass is 9.90. The van der Waals surface area contributed by atoms with Crippen molar-refractivity contribution in [3.8, 4) is 11.5 Å². The van der Waals surface area contributed by atoms with Crippen LogP contribution in [0.2, 0.25) is 0 Å². The zero-order valence-electron chi connectivity index (χ0n) is 59.6. The van der Waals surface area contributed by atoms with Gasteiger partial charge in [0.1, 0.15) is 40.6 Å². The Morgan fingerprint density at radius 3 is 1.63 bits per heavy atom. The van der Waals surface area contributed by atoms with E-state index in [0.717, 1.165) is 0 Å². The second-order valence-electron chi connectivity index (χ2n) is 25.8. The number of hydrogen-bond donors (Lipinski definition) is 15. The predicted octanol–water partition coefficient (Wildman–Crippen LogP) is 0.296. The van der Waals surface area contributed by atoms with Gasteiger partial charge in [-0.25, -0.2) is 9.59 Å². The summed E-state index contributed by atoms with van der Waals surface area (Å²) in [5.74, 6) is -6.15. The molecule has 104 heavy (non-hydrogen) atoms. The second-order valence-corrected chi connectivity index (χ2v) is 25.8. The number of unbranched alkanes of at least 4 members (excludes halogenated alkanes) is 2. The number of nitrogens with two attached hydrogens (primary N) is 1. The number of urea groups is 1. The van der Waals surface area contributed by atoms with Gasteiger partial charge in [0.2, 0.25) is 29.5 Å². The summed E-state index contributed by atoms with van der Waals surface area (Å²) in [6, 6.07) is 19.4. The number of carbonyl (C=O) groups is 10. The van der Waals surface area contributed by atoms with Crippen molar-refractivity contribution < 1.29 is 77.8 Å². The van der Waals surface area contributed by atoms with Crippen LogP contribution in [0, 0.1) is 0 Å². The van der Waals surface area contributed by atoms with Crippen LogP contribution in [-0.2, 0) is 49.6 Å². The number of rotatable bonds is 41. The van der Waals surface area contributed by atoms with Crippen LogP contribution in [0.5, 0.6) is 11.5 Å². The molecule has 0 bridgehead atoms. The number of guanidine groups is 1. The van der Waals surface area contributed by atoms with Crippen LogP contribution in [0.15, 0.2) is 93.4 Å². The minimum atomic E-state index is -1.11. The summed E-state index contributed by atoms with van der Waals surface area (Å²) in [6.45, 7) is 8.22. The van der Waals surface area contributed by atoms with Crippen molar-refractivity contribution in [2.45, 2.75) is 109 Å². The zero-order chi connectivity index (χ0) is 76.0. The van der Waals surface area contributed by atoms with E-state index in [1.807, 2.05) is 6.07 Å². The lowest BCUT2D eigenvalue weighted by molar-refractivity contribution is -0.140. The topological polar surface area (TPSA) is 476 Å². The molecule has 34 nitrogen and oxygen atoms in total. The molecule has 1 saturated heterocycles. The number of carboxylic acids is 3. The molecule has 16 N–H and O–H groups in total. The molecular weight excluding hydrogens is 1350 g/mol. The number of phenolic OH excluding ortho intramolecular Hbond substituents is 1. The Labute approximate surface area is 603 Å². The first-order chi connectivity index (χ1) is 49.7. The Morgan fingerprint density at radius 2 is 1.05 bits per heavy atom. The number of aliphatic carboxylic acids is 3. The standard InChI is InChI=1S/C70H102N16O18/c1-5-54(88)72-28-31-77-68(101)82-67(71)76-27-14-20-53(65(99)79-42-47-21-23-50(87)24-22-47)81-66(100)59(48-15-7-6-8-16-48)49-17-13-18-51(41-49)103-40-12-11-25-73-60-61(63(97)62(60)96)74-29-30-75-64(98)52(19-9-10-26-78-69(102)104-70(2,3)4)80-55(89)43-83-32-34-84(44-56(90)91)36-38-86(46-58(94)95)39-37-85(35-33-83)45-57(92)93/h6-8,13,15-18,21-24,41,52-53,59,73-74,87H,5,9-12,14,19-20,25-40,42-46H2,1-4H3,(H,72,88)(H,75,98)(H,78,102)(H,79,99)(H,80,89)(H,81,100)(H,90,91)(H,92,93)(H,94,95)(H4,71,76,77,82,101)/t52?,53?,59-/m1/s1. The molecule has 0 saturated carbocycles. The highest BCUT2D eigenvalue weighted by Crippen LogP contribution is 2.29. The third-order valence-corrected chi connectivity index (χ3v) is 16.3. The summed E-state index contributed by atoms with van der Waals surface area (Å²) in [6.07, 6.45) is 2.00. The molecular formula is C70H102N16O18. The minimum Gasteiger partial charge on any atom is -0.508 e. The highest BCUT2D eigenvalue weighted by atomic mass is 16.6. The van der Waals surface area contributed by atoms with E-state index < -0.39 is 88.1 Å². The second kappa shape index (κ2) is 44.8. The molecule has 0 spiro atoms. The first-order valence-electron chi connectivity index (χ1n) is 34.8. The number of benzene rings is 3. The van der Waals surface area contributed by atoms with E-state index in [4.69, 9.17) is 15.2 Å². The van der Waals surface area contributed by atoms with Gasteiger partial charge in [0.05, 0.1) is 38.7 Å². The van der Waals surface area contributed by atoms with Crippen molar-refractivity contribution in [3.05, 3.63) is 116 Å². The third-order valence-electron chi connectivity index (χ3n) is 16.3. The number of alkyl carbamates (subject to hydrolysis) is 1. The van der Waals surface area contributed by atoms with Gasteiger partial charge in [0.25, 0.3) is 10.9 Å². The van der Waals surface area contributed by atoms with Gasteiger partial charge in [-0.1, -0.05) is 61.5 Å². The molecule has 4 aromatic carbocycles. The summed E-state index contributed by atoms with van der Waals surface area (Å²) >= 11 is 0. The molecule has 3 atom stereocenters. The molecule has 1 aliphatic rings. The van der Waals surface area contributed by atoms with Gasteiger partial charge in [-0.3, -0.25) is 67.5 Å². The van der Waals surface area contributed by atoms with E-state index in [1.165, 1.54) is 12.1 Å². The van der Waals surface area contributed by atoms with Crippen LogP contribution < -0.4 is 74.5 Å². The largest absolute Gasteiger partial charge is 0.508 e. The summed E-state index contributed by atoms with van der Waals surface area (Å²) < 4.78 is 11.5. The van der Waals surface area contributed by atoms with Crippen molar-refractivity contribution in [2.75, 3.05) is 142 Å². The Morgan fingerprint density at radius 1 is 0.529 bits per heavy atom. The molecule has 8 amide bonds.